The Labute approximate surface area is 268 Å². The summed E-state index contributed by atoms with van der Waals surface area (Å²) in [4.78, 5) is 2.30. The van der Waals surface area contributed by atoms with Gasteiger partial charge in [-0.3, -0.25) is 0 Å². The third-order valence-electron chi connectivity index (χ3n) is 9.75. The van der Waals surface area contributed by atoms with Gasteiger partial charge < -0.3 is 9.32 Å². The second-order valence-corrected chi connectivity index (χ2v) is 12.3. The Bertz CT molecular complexity index is 2320. The predicted molar refractivity (Wildman–Crippen MR) is 191 cm³/mol. The molecule has 0 aliphatic heterocycles. The fraction of sp³-hybridized carbons (Fsp3) is 0.0455. The summed E-state index contributed by atoms with van der Waals surface area (Å²) >= 11 is 0. The summed E-state index contributed by atoms with van der Waals surface area (Å²) < 4.78 is 6.90. The first-order chi connectivity index (χ1) is 22.7. The van der Waals surface area contributed by atoms with Crippen LogP contribution >= 0.6 is 0 Å². The molecule has 2 heteroatoms. The summed E-state index contributed by atoms with van der Waals surface area (Å²) in [5, 5.41) is 2.26. The van der Waals surface area contributed by atoms with Crippen molar-refractivity contribution in [3.63, 3.8) is 0 Å². The van der Waals surface area contributed by atoms with Crippen molar-refractivity contribution in [1.82, 2.24) is 0 Å². The van der Waals surface area contributed by atoms with E-state index < -0.39 is 0 Å². The number of hydrogen-bond donors (Lipinski definition) is 0. The van der Waals surface area contributed by atoms with E-state index in [1.165, 1.54) is 38.9 Å². The molecule has 8 aromatic rings. The number of hydrogen-bond acceptors (Lipinski definition) is 2. The summed E-state index contributed by atoms with van der Waals surface area (Å²) in [6.45, 7) is 2.35. The molecular weight excluding hydrogens is 558 g/mol. The van der Waals surface area contributed by atoms with Crippen LogP contribution < -0.4 is 4.90 Å². The van der Waals surface area contributed by atoms with E-state index >= 15 is 0 Å². The van der Waals surface area contributed by atoms with Crippen molar-refractivity contribution in [3.05, 3.63) is 187 Å². The number of fused-ring (bicyclic) bond motifs is 6. The van der Waals surface area contributed by atoms with Crippen LogP contribution in [0.25, 0.3) is 44.2 Å². The highest BCUT2D eigenvalue weighted by Crippen LogP contribution is 2.54. The maximum absolute atomic E-state index is 6.90. The van der Waals surface area contributed by atoms with Crippen LogP contribution in [-0.4, -0.2) is 0 Å². The van der Waals surface area contributed by atoms with Crippen molar-refractivity contribution in [1.29, 1.82) is 0 Å². The average molecular weight is 590 g/mol. The van der Waals surface area contributed by atoms with Gasteiger partial charge in [-0.15, -0.1) is 0 Å². The highest BCUT2D eigenvalue weighted by atomic mass is 16.3. The number of furan rings is 1. The summed E-state index contributed by atoms with van der Waals surface area (Å²) in [7, 11) is 0. The summed E-state index contributed by atoms with van der Waals surface area (Å²) in [6.07, 6.45) is 0. The minimum atomic E-state index is -0.333. The Morgan fingerprint density at radius 3 is 1.67 bits per heavy atom. The normalized spacial score (nSPS) is 13.1. The first-order valence-electron chi connectivity index (χ1n) is 15.9. The fourth-order valence-corrected chi connectivity index (χ4v) is 7.52. The molecule has 0 saturated heterocycles. The van der Waals surface area contributed by atoms with Crippen LogP contribution in [0.3, 0.4) is 0 Å². The summed E-state index contributed by atoms with van der Waals surface area (Å²) in [5.41, 5.74) is 13.6. The number of benzene rings is 7. The second kappa shape index (κ2) is 10.4. The van der Waals surface area contributed by atoms with Gasteiger partial charge in [0, 0.05) is 44.9 Å². The molecule has 1 heterocycles. The average Bonchev–Trinajstić information content (AvgIpc) is 3.63. The number of nitrogens with zero attached hydrogens (tertiary/aromatic N) is 1. The van der Waals surface area contributed by atoms with Crippen molar-refractivity contribution in [2.24, 2.45) is 0 Å². The Balaban J connectivity index is 1.20. The van der Waals surface area contributed by atoms with E-state index in [0.29, 0.717) is 0 Å². The van der Waals surface area contributed by atoms with Crippen molar-refractivity contribution in [2.75, 3.05) is 4.90 Å². The lowest BCUT2D eigenvalue weighted by atomic mass is 9.74. The molecule has 0 N–H and O–H groups in total. The van der Waals surface area contributed by atoms with Gasteiger partial charge in [-0.1, -0.05) is 127 Å². The molecule has 7 aromatic carbocycles. The summed E-state index contributed by atoms with van der Waals surface area (Å²) in [5.74, 6) is 0. The van der Waals surface area contributed by atoms with Crippen LogP contribution in [0.1, 0.15) is 23.6 Å². The molecular formula is C44H31NO. The van der Waals surface area contributed by atoms with Crippen LogP contribution in [0.2, 0.25) is 0 Å². The number of para-hydroxylation sites is 2. The van der Waals surface area contributed by atoms with Crippen molar-refractivity contribution < 1.29 is 4.42 Å². The van der Waals surface area contributed by atoms with E-state index in [4.69, 9.17) is 4.42 Å². The molecule has 0 radical (unpaired) electrons. The topological polar surface area (TPSA) is 16.4 Å². The molecule has 0 atom stereocenters. The number of rotatable bonds is 5. The van der Waals surface area contributed by atoms with E-state index in [1.807, 2.05) is 0 Å². The Morgan fingerprint density at radius 2 is 0.978 bits per heavy atom. The molecule has 46 heavy (non-hydrogen) atoms. The van der Waals surface area contributed by atoms with Crippen LogP contribution in [0, 0.1) is 0 Å². The molecule has 0 unspecified atom stereocenters. The minimum absolute atomic E-state index is 0.333. The Hall–Kier alpha value is -5.86. The largest absolute Gasteiger partial charge is 0.456 e. The van der Waals surface area contributed by atoms with Gasteiger partial charge in [0.25, 0.3) is 0 Å². The quantitative estimate of drug-likeness (QED) is 0.199. The third-order valence-corrected chi connectivity index (χ3v) is 9.75. The maximum Gasteiger partial charge on any atom is 0.139 e. The molecule has 1 aliphatic rings. The van der Waals surface area contributed by atoms with Crippen LogP contribution in [0.15, 0.2) is 174 Å². The molecule has 0 bridgehead atoms. The van der Waals surface area contributed by atoms with Gasteiger partial charge in [0.15, 0.2) is 0 Å². The molecule has 1 aliphatic carbocycles. The Kier molecular flexibility index (Phi) is 5.97. The zero-order chi connectivity index (χ0) is 30.7. The lowest BCUT2D eigenvalue weighted by Crippen LogP contribution is -2.22. The molecule has 0 amide bonds. The highest BCUT2D eigenvalue weighted by molar-refractivity contribution is 6.08. The molecule has 0 saturated carbocycles. The number of anilines is 3. The van der Waals surface area contributed by atoms with E-state index in [-0.39, 0.29) is 5.41 Å². The monoisotopic (exact) mass is 589 g/mol. The van der Waals surface area contributed by atoms with Gasteiger partial charge in [0.1, 0.15) is 11.2 Å². The Morgan fingerprint density at radius 1 is 0.435 bits per heavy atom. The van der Waals surface area contributed by atoms with Gasteiger partial charge >= 0.3 is 0 Å². The van der Waals surface area contributed by atoms with Crippen LogP contribution in [0.4, 0.5) is 17.1 Å². The van der Waals surface area contributed by atoms with Gasteiger partial charge in [0.2, 0.25) is 0 Å². The van der Waals surface area contributed by atoms with Crippen LogP contribution in [0.5, 0.6) is 0 Å². The molecule has 1 aromatic heterocycles. The maximum atomic E-state index is 6.90. The zero-order valence-corrected chi connectivity index (χ0v) is 25.5. The van der Waals surface area contributed by atoms with E-state index in [2.05, 4.69) is 182 Å². The molecule has 0 spiro atoms. The smallest absolute Gasteiger partial charge is 0.139 e. The van der Waals surface area contributed by atoms with Gasteiger partial charge in [0.05, 0.1) is 0 Å². The van der Waals surface area contributed by atoms with Crippen LogP contribution in [-0.2, 0) is 5.41 Å². The predicted octanol–water partition coefficient (Wildman–Crippen LogP) is 12.1. The SMILES string of the molecule is CC1(c2cccc3c2oc2cc(N(c4ccccc4)c4ccc(-c5ccccc5)cc4)ccc23)c2ccccc2-c2ccccc21. The molecule has 0 fully saturated rings. The lowest BCUT2D eigenvalue weighted by Gasteiger charge is -2.28. The van der Waals surface area contributed by atoms with Crippen molar-refractivity contribution in [3.8, 4) is 22.3 Å². The zero-order valence-electron chi connectivity index (χ0n) is 25.5. The molecule has 2 nitrogen and oxygen atoms in total. The van der Waals surface area contributed by atoms with Crippen molar-refractivity contribution >= 4 is 39.0 Å². The first kappa shape index (κ1) is 26.5. The summed E-state index contributed by atoms with van der Waals surface area (Å²) in [6, 6.07) is 60.7. The van der Waals surface area contributed by atoms with Crippen molar-refractivity contribution in [2.45, 2.75) is 12.3 Å². The fourth-order valence-electron chi connectivity index (χ4n) is 7.52. The lowest BCUT2D eigenvalue weighted by molar-refractivity contribution is 0.638. The highest BCUT2D eigenvalue weighted by Gasteiger charge is 2.42. The minimum Gasteiger partial charge on any atom is -0.456 e. The van der Waals surface area contributed by atoms with Gasteiger partial charge in [-0.05, 0) is 76.7 Å². The van der Waals surface area contributed by atoms with Gasteiger partial charge in [-0.2, -0.15) is 0 Å². The molecule has 9 rings (SSSR count). The first-order valence-corrected chi connectivity index (χ1v) is 15.9. The van der Waals surface area contributed by atoms with E-state index in [9.17, 15) is 0 Å². The third kappa shape index (κ3) is 3.97. The standard InChI is InChI=1S/C44H31NO/c1-44(39-20-10-8-17-35(39)36-18-9-11-21-40(36)44)41-22-12-19-38-37-28-27-34(29-42(37)46-43(38)41)45(32-15-6-3-7-16-32)33-25-23-31(24-26-33)30-13-4-2-5-14-30/h2-29H,1H3. The van der Waals surface area contributed by atoms with E-state index in [0.717, 1.165) is 39.0 Å². The molecule has 218 valence electrons. The van der Waals surface area contributed by atoms with Gasteiger partial charge in [-0.25, -0.2) is 0 Å². The van der Waals surface area contributed by atoms with E-state index in [1.54, 1.807) is 0 Å². The second-order valence-electron chi connectivity index (χ2n) is 12.3.